The number of ether oxygens (including phenoxy) is 1. The van der Waals surface area contributed by atoms with Gasteiger partial charge in [0.05, 0.1) is 17.1 Å². The number of rotatable bonds is 5. The second kappa shape index (κ2) is 7.01. The molecule has 120 valence electrons. The molecule has 0 aliphatic carbocycles. The van der Waals surface area contributed by atoms with E-state index in [2.05, 4.69) is 33.6 Å². The molecule has 6 heteroatoms. The average molecular weight is 431 g/mol. The summed E-state index contributed by atoms with van der Waals surface area (Å²) in [5.41, 5.74) is 1.65. The van der Waals surface area contributed by atoms with Crippen LogP contribution in [0.2, 0.25) is 0 Å². The Morgan fingerprint density at radius 3 is 2.67 bits per heavy atom. The van der Waals surface area contributed by atoms with Crippen LogP contribution in [-0.4, -0.2) is 21.9 Å². The summed E-state index contributed by atoms with van der Waals surface area (Å²) in [6, 6.07) is 17.0. The summed E-state index contributed by atoms with van der Waals surface area (Å²) in [6.07, 6.45) is 0. The molecule has 1 aromatic heterocycles. The van der Waals surface area contributed by atoms with Gasteiger partial charge in [0, 0.05) is 10.6 Å². The van der Waals surface area contributed by atoms with E-state index in [1.165, 1.54) is 0 Å². The molecular weight excluding hydrogens is 417 g/mol. The number of hydrogen-bond acceptors (Lipinski definition) is 4. The van der Waals surface area contributed by atoms with Crippen LogP contribution >= 0.6 is 22.6 Å². The van der Waals surface area contributed by atoms with Gasteiger partial charge in [0.2, 0.25) is 0 Å². The van der Waals surface area contributed by atoms with Crippen LogP contribution in [0, 0.1) is 14.9 Å². The first-order valence-electron chi connectivity index (χ1n) is 7.32. The van der Waals surface area contributed by atoms with Gasteiger partial charge in [-0.2, -0.15) is 5.26 Å². The van der Waals surface area contributed by atoms with Gasteiger partial charge in [0.25, 0.3) is 0 Å². The predicted octanol–water partition coefficient (Wildman–Crippen LogP) is 3.43. The van der Waals surface area contributed by atoms with Gasteiger partial charge < -0.3 is 9.30 Å². The number of fused-ring (bicyclic) bond motifs is 1. The van der Waals surface area contributed by atoms with E-state index in [1.54, 1.807) is 16.7 Å². The molecule has 3 aromatic rings. The van der Waals surface area contributed by atoms with Crippen molar-refractivity contribution in [2.45, 2.75) is 5.92 Å². The monoisotopic (exact) mass is 431 g/mol. The summed E-state index contributed by atoms with van der Waals surface area (Å²) in [5.74, 6) is -0.221. The second-order valence-corrected chi connectivity index (χ2v) is 6.53. The number of ketones is 1. The van der Waals surface area contributed by atoms with Gasteiger partial charge in [0.15, 0.2) is 11.7 Å². The maximum Gasteiger partial charge on any atom is 0.194 e. The Balaban J connectivity index is 1.80. The summed E-state index contributed by atoms with van der Waals surface area (Å²) in [4.78, 5) is 16.9. The number of hydrogen-bond donors (Lipinski definition) is 0. The predicted molar refractivity (Wildman–Crippen MR) is 98.7 cm³/mol. The summed E-state index contributed by atoms with van der Waals surface area (Å²) in [7, 11) is 1.81. The Bertz CT molecular complexity index is 926. The minimum atomic E-state index is -0.953. The lowest BCUT2D eigenvalue weighted by Crippen LogP contribution is -2.21. The van der Waals surface area contributed by atoms with E-state index in [1.807, 2.05) is 43.4 Å². The Morgan fingerprint density at radius 1 is 1.29 bits per heavy atom. The highest BCUT2D eigenvalue weighted by Gasteiger charge is 2.26. The van der Waals surface area contributed by atoms with Crippen molar-refractivity contribution in [2.24, 2.45) is 7.05 Å². The first-order chi connectivity index (χ1) is 11.6. The number of Topliss-reactive ketones (excluding diaryl/α,β-unsaturated/α-hetero) is 1. The fourth-order valence-corrected chi connectivity index (χ4v) is 2.82. The number of halogens is 1. The molecule has 24 heavy (non-hydrogen) atoms. The minimum absolute atomic E-state index is 0.165. The standard InChI is InChI=1S/C18H14IN3O2/c1-22-16-5-3-2-4-15(16)21-18(22)14(10-20)17(23)11-24-13-8-6-12(19)7-9-13/h2-9,14H,11H2,1H3. The molecule has 5 nitrogen and oxygen atoms in total. The number of imidazole rings is 1. The molecule has 1 heterocycles. The van der Waals surface area contributed by atoms with Crippen molar-refractivity contribution < 1.29 is 9.53 Å². The van der Waals surface area contributed by atoms with Gasteiger partial charge in [-0.1, -0.05) is 12.1 Å². The van der Waals surface area contributed by atoms with Crippen molar-refractivity contribution >= 4 is 39.4 Å². The molecule has 0 amide bonds. The van der Waals surface area contributed by atoms with Crippen LogP contribution in [-0.2, 0) is 11.8 Å². The lowest BCUT2D eigenvalue weighted by Gasteiger charge is -2.10. The number of aromatic nitrogens is 2. The van der Waals surface area contributed by atoms with Crippen LogP contribution in [0.1, 0.15) is 11.7 Å². The first kappa shape index (κ1) is 16.5. The fourth-order valence-electron chi connectivity index (χ4n) is 2.46. The number of para-hydroxylation sites is 2. The van der Waals surface area contributed by atoms with Crippen LogP contribution in [0.25, 0.3) is 11.0 Å². The number of carbonyl (C=O) groups excluding carboxylic acids is 1. The summed E-state index contributed by atoms with van der Waals surface area (Å²) >= 11 is 2.20. The van der Waals surface area contributed by atoms with Gasteiger partial charge in [-0.25, -0.2) is 4.98 Å². The second-order valence-electron chi connectivity index (χ2n) is 5.29. The third kappa shape index (κ3) is 3.26. The van der Waals surface area contributed by atoms with E-state index in [0.29, 0.717) is 11.6 Å². The Labute approximate surface area is 153 Å². The number of nitriles is 1. The number of carbonyl (C=O) groups is 1. The van der Waals surface area contributed by atoms with E-state index in [-0.39, 0.29) is 12.4 Å². The Hall–Kier alpha value is -2.40. The lowest BCUT2D eigenvalue weighted by atomic mass is 10.1. The molecule has 2 aromatic carbocycles. The van der Waals surface area contributed by atoms with E-state index in [4.69, 9.17) is 4.74 Å². The molecule has 1 unspecified atom stereocenters. The third-order valence-electron chi connectivity index (χ3n) is 3.73. The summed E-state index contributed by atoms with van der Waals surface area (Å²) in [6.45, 7) is -0.165. The molecular formula is C18H14IN3O2. The van der Waals surface area contributed by atoms with Gasteiger partial charge in [-0.15, -0.1) is 0 Å². The molecule has 3 rings (SSSR count). The molecule has 0 aliphatic rings. The smallest absolute Gasteiger partial charge is 0.194 e. The van der Waals surface area contributed by atoms with Gasteiger partial charge in [-0.05, 0) is 59.0 Å². The Kier molecular flexibility index (Phi) is 4.81. The van der Waals surface area contributed by atoms with E-state index in [0.717, 1.165) is 14.6 Å². The van der Waals surface area contributed by atoms with Crippen molar-refractivity contribution in [1.82, 2.24) is 9.55 Å². The molecule has 0 aliphatic heterocycles. The van der Waals surface area contributed by atoms with Gasteiger partial charge >= 0.3 is 0 Å². The van der Waals surface area contributed by atoms with Gasteiger partial charge in [-0.3, -0.25) is 4.79 Å². The van der Waals surface area contributed by atoms with Crippen LogP contribution < -0.4 is 4.74 Å². The maximum atomic E-state index is 12.4. The Morgan fingerprint density at radius 2 is 2.00 bits per heavy atom. The third-order valence-corrected chi connectivity index (χ3v) is 4.44. The van der Waals surface area contributed by atoms with E-state index < -0.39 is 5.92 Å². The average Bonchev–Trinajstić information content (AvgIpc) is 2.92. The normalized spacial score (nSPS) is 11.9. The first-order valence-corrected chi connectivity index (χ1v) is 8.40. The van der Waals surface area contributed by atoms with Crippen molar-refractivity contribution in [1.29, 1.82) is 5.26 Å². The molecule has 1 atom stereocenters. The highest BCUT2D eigenvalue weighted by Crippen LogP contribution is 2.22. The summed E-state index contributed by atoms with van der Waals surface area (Å²) in [5, 5.41) is 9.45. The molecule has 0 N–H and O–H groups in total. The van der Waals surface area contributed by atoms with Crippen LogP contribution in [0.4, 0.5) is 0 Å². The quantitative estimate of drug-likeness (QED) is 0.581. The van der Waals surface area contributed by atoms with Gasteiger partial charge in [0.1, 0.15) is 18.2 Å². The molecule has 0 saturated carbocycles. The van der Waals surface area contributed by atoms with Crippen LogP contribution in [0.5, 0.6) is 5.75 Å². The maximum absolute atomic E-state index is 12.4. The molecule has 0 bridgehead atoms. The number of aryl methyl sites for hydroxylation is 1. The van der Waals surface area contributed by atoms with Crippen molar-refractivity contribution in [3.63, 3.8) is 0 Å². The van der Waals surface area contributed by atoms with Crippen molar-refractivity contribution in [3.8, 4) is 11.8 Å². The molecule has 0 radical (unpaired) electrons. The fraction of sp³-hybridized carbons (Fsp3) is 0.167. The number of nitrogens with zero attached hydrogens (tertiary/aromatic N) is 3. The molecule has 0 saturated heterocycles. The molecule has 0 fully saturated rings. The van der Waals surface area contributed by atoms with Crippen molar-refractivity contribution in [2.75, 3.05) is 6.61 Å². The SMILES string of the molecule is Cn1c(C(C#N)C(=O)COc2ccc(I)cc2)nc2ccccc21. The van der Waals surface area contributed by atoms with Crippen LogP contribution in [0.15, 0.2) is 48.5 Å². The van der Waals surface area contributed by atoms with E-state index >= 15 is 0 Å². The number of benzene rings is 2. The van der Waals surface area contributed by atoms with Crippen molar-refractivity contribution in [3.05, 3.63) is 57.9 Å². The highest BCUT2D eigenvalue weighted by atomic mass is 127. The van der Waals surface area contributed by atoms with E-state index in [9.17, 15) is 10.1 Å². The lowest BCUT2D eigenvalue weighted by molar-refractivity contribution is -0.121. The topological polar surface area (TPSA) is 67.9 Å². The molecule has 0 spiro atoms. The largest absolute Gasteiger partial charge is 0.486 e. The zero-order valence-electron chi connectivity index (χ0n) is 12.9. The zero-order valence-corrected chi connectivity index (χ0v) is 15.1. The van der Waals surface area contributed by atoms with Crippen LogP contribution in [0.3, 0.4) is 0 Å². The highest BCUT2D eigenvalue weighted by molar-refractivity contribution is 14.1. The zero-order chi connectivity index (χ0) is 17.1. The summed E-state index contributed by atoms with van der Waals surface area (Å²) < 4.78 is 8.37. The minimum Gasteiger partial charge on any atom is -0.486 e.